The van der Waals surface area contributed by atoms with Crippen molar-refractivity contribution >= 4 is 29.0 Å². The molecule has 1 aromatic heterocycles. The largest absolute Gasteiger partial charge is 0.497 e. The lowest BCUT2D eigenvalue weighted by Gasteiger charge is -2.06. The summed E-state index contributed by atoms with van der Waals surface area (Å²) in [6, 6.07) is 4.94. The first-order chi connectivity index (χ1) is 9.10. The maximum absolute atomic E-state index is 12.2. The van der Waals surface area contributed by atoms with E-state index in [0.717, 1.165) is 0 Å². The molecule has 0 saturated heterocycles. The Hall–Kier alpha value is -1.65. The molecule has 0 spiro atoms. The number of hydrogen-bond donors (Lipinski definition) is 0. The Bertz CT molecular complexity index is 600. The number of halogens is 2. The van der Waals surface area contributed by atoms with E-state index < -0.39 is 0 Å². The van der Waals surface area contributed by atoms with E-state index in [4.69, 9.17) is 27.9 Å². The molecule has 19 heavy (non-hydrogen) atoms. The number of benzene rings is 1. The first kappa shape index (κ1) is 13.8. The van der Waals surface area contributed by atoms with E-state index in [-0.39, 0.29) is 17.5 Å². The van der Waals surface area contributed by atoms with Crippen LogP contribution in [0.2, 0.25) is 10.3 Å². The predicted octanol–water partition coefficient (Wildman–Crippen LogP) is 3.22. The van der Waals surface area contributed by atoms with Gasteiger partial charge in [0.25, 0.3) is 0 Å². The van der Waals surface area contributed by atoms with Crippen molar-refractivity contribution in [3.63, 3.8) is 0 Å². The van der Waals surface area contributed by atoms with Gasteiger partial charge in [-0.3, -0.25) is 4.79 Å². The van der Waals surface area contributed by atoms with Crippen molar-refractivity contribution in [3.8, 4) is 5.75 Å². The van der Waals surface area contributed by atoms with Crippen LogP contribution < -0.4 is 4.74 Å². The molecule has 0 fully saturated rings. The van der Waals surface area contributed by atoms with Crippen LogP contribution in [0.4, 0.5) is 0 Å². The molecule has 0 aliphatic heterocycles. The van der Waals surface area contributed by atoms with Crippen molar-refractivity contribution in [2.45, 2.75) is 6.42 Å². The Morgan fingerprint density at radius 1 is 1.26 bits per heavy atom. The molecule has 4 nitrogen and oxygen atoms in total. The van der Waals surface area contributed by atoms with Crippen molar-refractivity contribution < 1.29 is 9.53 Å². The van der Waals surface area contributed by atoms with E-state index in [9.17, 15) is 4.79 Å². The van der Waals surface area contributed by atoms with Crippen LogP contribution in [0, 0.1) is 0 Å². The minimum atomic E-state index is -0.130. The lowest BCUT2D eigenvalue weighted by Crippen LogP contribution is -2.05. The van der Waals surface area contributed by atoms with Crippen LogP contribution in [0.5, 0.6) is 5.75 Å². The quantitative estimate of drug-likeness (QED) is 0.642. The van der Waals surface area contributed by atoms with Crippen molar-refractivity contribution in [2.24, 2.45) is 0 Å². The van der Waals surface area contributed by atoms with E-state index in [1.54, 1.807) is 18.2 Å². The zero-order chi connectivity index (χ0) is 13.8. The summed E-state index contributed by atoms with van der Waals surface area (Å²) in [4.78, 5) is 19.8. The Morgan fingerprint density at radius 2 is 1.95 bits per heavy atom. The van der Waals surface area contributed by atoms with Crippen LogP contribution in [0.15, 0.2) is 30.6 Å². The van der Waals surface area contributed by atoms with E-state index >= 15 is 0 Å². The third-order valence-electron chi connectivity index (χ3n) is 2.51. The topological polar surface area (TPSA) is 52.1 Å². The highest BCUT2D eigenvalue weighted by Gasteiger charge is 2.13. The predicted molar refractivity (Wildman–Crippen MR) is 73.1 cm³/mol. The molecule has 0 radical (unpaired) electrons. The minimum Gasteiger partial charge on any atom is -0.497 e. The maximum Gasteiger partial charge on any atom is 0.222 e. The molecular formula is C13H10Cl2N2O2. The SMILES string of the molecule is COc1ccc(Cl)c(C(=O)Cc2cnc(Cl)nc2)c1. The molecule has 0 saturated carbocycles. The second kappa shape index (κ2) is 5.99. The molecule has 0 amide bonds. The molecule has 1 heterocycles. The highest BCUT2D eigenvalue weighted by molar-refractivity contribution is 6.34. The number of aromatic nitrogens is 2. The second-order valence-electron chi connectivity index (χ2n) is 3.81. The number of carbonyl (C=O) groups excluding carboxylic acids is 1. The number of nitrogens with zero attached hydrogens (tertiary/aromatic N) is 2. The highest BCUT2D eigenvalue weighted by atomic mass is 35.5. The van der Waals surface area contributed by atoms with Gasteiger partial charge >= 0.3 is 0 Å². The molecule has 2 rings (SSSR count). The summed E-state index contributed by atoms with van der Waals surface area (Å²) < 4.78 is 5.07. The van der Waals surface area contributed by atoms with Crippen molar-refractivity contribution in [1.29, 1.82) is 0 Å². The first-order valence-electron chi connectivity index (χ1n) is 5.43. The van der Waals surface area contributed by atoms with Crippen LogP contribution in [-0.2, 0) is 6.42 Å². The van der Waals surface area contributed by atoms with Crippen molar-refractivity contribution in [1.82, 2.24) is 9.97 Å². The fourth-order valence-corrected chi connectivity index (χ4v) is 1.88. The third-order valence-corrected chi connectivity index (χ3v) is 3.04. The van der Waals surface area contributed by atoms with Crippen LogP contribution >= 0.6 is 23.2 Å². The number of methoxy groups -OCH3 is 1. The van der Waals surface area contributed by atoms with E-state index in [2.05, 4.69) is 9.97 Å². The summed E-state index contributed by atoms with van der Waals surface area (Å²) in [5, 5.41) is 0.538. The van der Waals surface area contributed by atoms with Crippen LogP contribution in [-0.4, -0.2) is 22.9 Å². The normalized spacial score (nSPS) is 10.3. The minimum absolute atomic E-state index is 0.130. The standard InChI is InChI=1S/C13H10Cl2N2O2/c1-19-9-2-3-11(14)10(5-9)12(18)4-8-6-16-13(15)17-7-8/h2-3,5-7H,4H2,1H3. The lowest BCUT2D eigenvalue weighted by molar-refractivity contribution is 0.0992. The number of hydrogen-bond acceptors (Lipinski definition) is 4. The van der Waals surface area contributed by atoms with E-state index in [1.807, 2.05) is 0 Å². The van der Waals surface area contributed by atoms with Crippen molar-refractivity contribution in [2.75, 3.05) is 7.11 Å². The van der Waals surface area contributed by atoms with Gasteiger partial charge in [-0.15, -0.1) is 0 Å². The number of Topliss-reactive ketones (excluding diaryl/α,β-unsaturated/α-hetero) is 1. The average molecular weight is 297 g/mol. The third kappa shape index (κ3) is 3.43. The number of rotatable bonds is 4. The Balaban J connectivity index is 2.22. The Labute approximate surface area is 120 Å². The van der Waals surface area contributed by atoms with Gasteiger partial charge in [0.05, 0.1) is 12.1 Å². The fraction of sp³-hybridized carbons (Fsp3) is 0.154. The van der Waals surface area contributed by atoms with Crippen LogP contribution in [0.25, 0.3) is 0 Å². The molecular weight excluding hydrogens is 287 g/mol. The molecule has 0 unspecified atom stereocenters. The second-order valence-corrected chi connectivity index (χ2v) is 4.55. The molecule has 0 bridgehead atoms. The number of carbonyl (C=O) groups is 1. The van der Waals surface area contributed by atoms with Gasteiger partial charge in [-0.2, -0.15) is 0 Å². The zero-order valence-corrected chi connectivity index (χ0v) is 11.6. The van der Waals surface area contributed by atoms with Gasteiger partial charge in [0, 0.05) is 24.4 Å². The Morgan fingerprint density at radius 3 is 2.58 bits per heavy atom. The molecule has 0 atom stereocenters. The van der Waals surface area contributed by atoms with Gasteiger partial charge in [-0.25, -0.2) is 9.97 Å². The monoisotopic (exact) mass is 296 g/mol. The highest BCUT2D eigenvalue weighted by Crippen LogP contribution is 2.23. The van der Waals surface area contributed by atoms with Gasteiger partial charge in [0.2, 0.25) is 5.28 Å². The molecule has 2 aromatic rings. The van der Waals surface area contributed by atoms with E-state index in [0.29, 0.717) is 21.9 Å². The van der Waals surface area contributed by atoms with E-state index in [1.165, 1.54) is 19.5 Å². The molecule has 0 aliphatic rings. The van der Waals surface area contributed by atoms with Crippen LogP contribution in [0.3, 0.4) is 0 Å². The maximum atomic E-state index is 12.2. The fourth-order valence-electron chi connectivity index (χ4n) is 1.56. The van der Waals surface area contributed by atoms with Gasteiger partial charge in [-0.1, -0.05) is 11.6 Å². The molecule has 98 valence electrons. The molecule has 0 aliphatic carbocycles. The summed E-state index contributed by atoms with van der Waals surface area (Å²) in [5.41, 5.74) is 1.09. The Kier molecular flexibility index (Phi) is 4.35. The van der Waals surface area contributed by atoms with Gasteiger partial charge in [-0.05, 0) is 35.4 Å². The first-order valence-corrected chi connectivity index (χ1v) is 6.19. The summed E-state index contributed by atoms with van der Waals surface area (Å²) in [6.45, 7) is 0. The smallest absolute Gasteiger partial charge is 0.222 e. The average Bonchev–Trinajstić information content (AvgIpc) is 2.42. The van der Waals surface area contributed by atoms with Gasteiger partial charge < -0.3 is 4.74 Å². The molecule has 0 N–H and O–H groups in total. The summed E-state index contributed by atoms with van der Waals surface area (Å²) in [7, 11) is 1.53. The summed E-state index contributed by atoms with van der Waals surface area (Å²) >= 11 is 11.6. The molecule has 1 aromatic carbocycles. The lowest BCUT2D eigenvalue weighted by atomic mass is 10.0. The number of ketones is 1. The zero-order valence-electron chi connectivity index (χ0n) is 10.1. The van der Waals surface area contributed by atoms with Gasteiger partial charge in [0.1, 0.15) is 5.75 Å². The summed E-state index contributed by atoms with van der Waals surface area (Å²) in [6.07, 6.45) is 3.19. The van der Waals surface area contributed by atoms with Crippen LogP contribution in [0.1, 0.15) is 15.9 Å². The van der Waals surface area contributed by atoms with Crippen molar-refractivity contribution in [3.05, 3.63) is 52.0 Å². The van der Waals surface area contributed by atoms with Gasteiger partial charge in [0.15, 0.2) is 5.78 Å². The summed E-state index contributed by atoms with van der Waals surface area (Å²) in [5.74, 6) is 0.454. The molecule has 6 heteroatoms. The number of ether oxygens (including phenoxy) is 1.